The molecule has 1 aromatic heterocycles. The van der Waals surface area contributed by atoms with Crippen molar-refractivity contribution in [1.29, 1.82) is 0 Å². The lowest BCUT2D eigenvalue weighted by molar-refractivity contribution is -0.126. The quantitative estimate of drug-likeness (QED) is 0.844. The minimum atomic E-state index is -0.567. The lowest BCUT2D eigenvalue weighted by atomic mass is 9.91. The van der Waals surface area contributed by atoms with Gasteiger partial charge in [0, 0.05) is 10.1 Å². The molecule has 5 heteroatoms. The van der Waals surface area contributed by atoms with Gasteiger partial charge in [-0.25, -0.2) is 0 Å². The Balaban J connectivity index is 2.59. The predicted molar refractivity (Wildman–Crippen MR) is 76.8 cm³/mol. The Labute approximate surface area is 114 Å². The first-order valence-electron chi connectivity index (χ1n) is 5.96. The Hall–Kier alpha value is -1.75. The SMILES string of the molecule is CC(C)(C)C(=O)Cn1c(=O)sc2ccccc2c1=O. The molecule has 100 valence electrons. The molecule has 0 saturated carbocycles. The number of ketones is 1. The molecule has 1 heterocycles. The zero-order valence-electron chi connectivity index (χ0n) is 11.1. The van der Waals surface area contributed by atoms with E-state index in [1.54, 1.807) is 45.0 Å². The number of rotatable bonds is 2. The van der Waals surface area contributed by atoms with Crippen molar-refractivity contribution in [3.05, 3.63) is 44.3 Å². The number of hydrogen-bond donors (Lipinski definition) is 0. The molecule has 0 aliphatic carbocycles. The summed E-state index contributed by atoms with van der Waals surface area (Å²) in [6.45, 7) is 5.16. The zero-order chi connectivity index (χ0) is 14.2. The van der Waals surface area contributed by atoms with Crippen molar-refractivity contribution >= 4 is 27.2 Å². The molecule has 1 aromatic carbocycles. The van der Waals surface area contributed by atoms with Crippen LogP contribution in [0.5, 0.6) is 0 Å². The van der Waals surface area contributed by atoms with Gasteiger partial charge in [-0.1, -0.05) is 44.2 Å². The van der Waals surface area contributed by atoms with Gasteiger partial charge in [0.15, 0.2) is 5.78 Å². The first-order valence-corrected chi connectivity index (χ1v) is 6.78. The second-order valence-corrected chi connectivity index (χ2v) is 6.42. The third kappa shape index (κ3) is 2.66. The first kappa shape index (κ1) is 13.7. The van der Waals surface area contributed by atoms with Crippen LogP contribution < -0.4 is 10.4 Å². The van der Waals surface area contributed by atoms with E-state index >= 15 is 0 Å². The van der Waals surface area contributed by atoms with Gasteiger partial charge in [-0.15, -0.1) is 0 Å². The fourth-order valence-corrected chi connectivity index (χ4v) is 2.48. The summed E-state index contributed by atoms with van der Waals surface area (Å²) >= 11 is 0.990. The van der Waals surface area contributed by atoms with Gasteiger partial charge in [-0.05, 0) is 12.1 Å². The fourth-order valence-electron chi connectivity index (χ4n) is 1.63. The minimum Gasteiger partial charge on any atom is -0.297 e. The molecule has 0 atom stereocenters. The predicted octanol–water partition coefficient (Wildman–Crippen LogP) is 2.04. The maximum Gasteiger partial charge on any atom is 0.310 e. The van der Waals surface area contributed by atoms with E-state index in [1.807, 2.05) is 0 Å². The van der Waals surface area contributed by atoms with E-state index in [1.165, 1.54) is 0 Å². The number of carbonyl (C=O) groups is 1. The van der Waals surface area contributed by atoms with Gasteiger partial charge in [0.2, 0.25) is 0 Å². The Morgan fingerprint density at radius 1 is 1.21 bits per heavy atom. The van der Waals surface area contributed by atoms with Crippen LogP contribution in [0.3, 0.4) is 0 Å². The van der Waals surface area contributed by atoms with E-state index in [0.717, 1.165) is 15.9 Å². The molecule has 0 aliphatic heterocycles. The Kier molecular flexibility index (Phi) is 3.41. The average Bonchev–Trinajstić information content (AvgIpc) is 2.33. The lowest BCUT2D eigenvalue weighted by Gasteiger charge is -2.16. The molecule has 0 unspecified atom stereocenters. The number of nitrogens with zero attached hydrogens (tertiary/aromatic N) is 1. The van der Waals surface area contributed by atoms with Crippen LogP contribution in [0.25, 0.3) is 10.1 Å². The summed E-state index contributed by atoms with van der Waals surface area (Å²) in [6.07, 6.45) is 0. The van der Waals surface area contributed by atoms with Crippen molar-refractivity contribution in [1.82, 2.24) is 4.57 Å². The number of hydrogen-bond acceptors (Lipinski definition) is 4. The van der Waals surface area contributed by atoms with Gasteiger partial charge in [-0.3, -0.25) is 19.0 Å². The maximum absolute atomic E-state index is 12.2. The van der Waals surface area contributed by atoms with Gasteiger partial charge in [0.1, 0.15) is 0 Å². The summed E-state index contributed by atoms with van der Waals surface area (Å²) in [5.41, 5.74) is -0.959. The number of Topliss-reactive ketones (excluding diaryl/α,β-unsaturated/α-hetero) is 1. The molecule has 0 radical (unpaired) electrons. The molecule has 0 aliphatic rings. The molecule has 19 heavy (non-hydrogen) atoms. The molecule has 4 nitrogen and oxygen atoms in total. The van der Waals surface area contributed by atoms with Crippen LogP contribution in [0.2, 0.25) is 0 Å². The Bertz CT molecular complexity index is 750. The Morgan fingerprint density at radius 2 is 1.84 bits per heavy atom. The maximum atomic E-state index is 12.2. The molecule has 0 spiro atoms. The number of aromatic nitrogens is 1. The van der Waals surface area contributed by atoms with Gasteiger partial charge in [-0.2, -0.15) is 0 Å². The summed E-state index contributed by atoms with van der Waals surface area (Å²) in [5.74, 6) is -0.130. The fraction of sp³-hybridized carbons (Fsp3) is 0.357. The zero-order valence-corrected chi connectivity index (χ0v) is 11.9. The highest BCUT2D eigenvalue weighted by Gasteiger charge is 2.23. The topological polar surface area (TPSA) is 56.1 Å². The second-order valence-electron chi connectivity index (χ2n) is 5.43. The van der Waals surface area contributed by atoms with Crippen molar-refractivity contribution in [3.63, 3.8) is 0 Å². The highest BCUT2D eigenvalue weighted by molar-refractivity contribution is 7.16. The highest BCUT2D eigenvalue weighted by Crippen LogP contribution is 2.16. The third-order valence-electron chi connectivity index (χ3n) is 2.92. The van der Waals surface area contributed by atoms with Crippen LogP contribution in [0.15, 0.2) is 33.9 Å². The molecular formula is C14H15NO3S. The van der Waals surface area contributed by atoms with Gasteiger partial charge in [0.05, 0.1) is 11.9 Å². The van der Waals surface area contributed by atoms with Crippen LogP contribution in [-0.2, 0) is 11.3 Å². The molecule has 0 N–H and O–H groups in total. The number of carbonyl (C=O) groups excluding carboxylic acids is 1. The van der Waals surface area contributed by atoms with Crippen molar-refractivity contribution < 1.29 is 4.79 Å². The summed E-state index contributed by atoms with van der Waals surface area (Å²) in [6, 6.07) is 6.93. The molecule has 0 fully saturated rings. The largest absolute Gasteiger partial charge is 0.310 e. The van der Waals surface area contributed by atoms with E-state index < -0.39 is 11.0 Å². The molecule has 0 bridgehead atoms. The van der Waals surface area contributed by atoms with Gasteiger partial charge in [0.25, 0.3) is 5.56 Å². The minimum absolute atomic E-state index is 0.130. The van der Waals surface area contributed by atoms with Crippen molar-refractivity contribution in [2.24, 2.45) is 5.41 Å². The third-order valence-corrected chi connectivity index (χ3v) is 3.89. The average molecular weight is 277 g/mol. The van der Waals surface area contributed by atoms with E-state index in [2.05, 4.69) is 0 Å². The van der Waals surface area contributed by atoms with Crippen LogP contribution in [0, 0.1) is 5.41 Å². The van der Waals surface area contributed by atoms with E-state index in [-0.39, 0.29) is 17.2 Å². The lowest BCUT2D eigenvalue weighted by Crippen LogP contribution is -2.37. The molecule has 0 saturated heterocycles. The van der Waals surface area contributed by atoms with Gasteiger partial charge >= 0.3 is 4.87 Å². The van der Waals surface area contributed by atoms with Crippen LogP contribution in [0.4, 0.5) is 0 Å². The summed E-state index contributed by atoms with van der Waals surface area (Å²) < 4.78 is 1.68. The monoisotopic (exact) mass is 277 g/mol. The smallest absolute Gasteiger partial charge is 0.297 e. The highest BCUT2D eigenvalue weighted by atomic mass is 32.1. The van der Waals surface area contributed by atoms with E-state index in [9.17, 15) is 14.4 Å². The molecule has 2 rings (SSSR count). The van der Waals surface area contributed by atoms with Gasteiger partial charge < -0.3 is 0 Å². The summed E-state index contributed by atoms with van der Waals surface area (Å²) in [4.78, 5) is 35.8. The summed E-state index contributed by atoms with van der Waals surface area (Å²) in [7, 11) is 0. The van der Waals surface area contributed by atoms with E-state index in [0.29, 0.717) is 10.1 Å². The molecular weight excluding hydrogens is 262 g/mol. The van der Waals surface area contributed by atoms with Crippen molar-refractivity contribution in [2.45, 2.75) is 27.3 Å². The van der Waals surface area contributed by atoms with Crippen molar-refractivity contribution in [3.8, 4) is 0 Å². The first-order chi connectivity index (χ1) is 8.80. The standard InChI is InChI=1S/C14H15NO3S/c1-14(2,3)11(16)8-15-12(17)9-6-4-5-7-10(9)19-13(15)18/h4-7H,8H2,1-3H3. The molecule has 2 aromatic rings. The summed E-state index contributed by atoms with van der Waals surface area (Å²) in [5, 5.41) is 0.480. The number of benzene rings is 1. The Morgan fingerprint density at radius 3 is 2.47 bits per heavy atom. The van der Waals surface area contributed by atoms with E-state index in [4.69, 9.17) is 0 Å². The van der Waals surface area contributed by atoms with Crippen LogP contribution in [0.1, 0.15) is 20.8 Å². The second kappa shape index (κ2) is 4.74. The van der Waals surface area contributed by atoms with Crippen LogP contribution in [-0.4, -0.2) is 10.4 Å². The van der Waals surface area contributed by atoms with Crippen molar-refractivity contribution in [2.75, 3.05) is 0 Å². The van der Waals surface area contributed by atoms with Crippen LogP contribution >= 0.6 is 11.3 Å². The normalized spacial score (nSPS) is 11.7. The molecule has 0 amide bonds. The number of fused-ring (bicyclic) bond motifs is 1.